The van der Waals surface area contributed by atoms with Gasteiger partial charge in [0.05, 0.1) is 29.6 Å². The first-order valence-electron chi connectivity index (χ1n) is 12.6. The lowest BCUT2D eigenvalue weighted by atomic mass is 10.1. The summed E-state index contributed by atoms with van der Waals surface area (Å²) in [6.07, 6.45) is 1.60. The fourth-order valence-electron chi connectivity index (χ4n) is 4.43. The van der Waals surface area contributed by atoms with Gasteiger partial charge in [-0.1, -0.05) is 64.0 Å². The van der Waals surface area contributed by atoms with E-state index in [2.05, 4.69) is 33.2 Å². The number of hydrogen-bond donors (Lipinski definition) is 0. The molecular weight excluding hydrogens is 570 g/mol. The summed E-state index contributed by atoms with van der Waals surface area (Å²) in [5, 5.41) is 5.83. The number of benzene rings is 4. The molecule has 0 N–H and O–H groups in total. The number of aryl methyl sites for hydroxylation is 1. The molecule has 0 aliphatic carbocycles. The molecule has 0 unspecified atom stereocenters. The smallest absolute Gasteiger partial charge is 0.282 e. The van der Waals surface area contributed by atoms with Crippen molar-refractivity contribution in [3.63, 3.8) is 0 Å². The third-order valence-electron chi connectivity index (χ3n) is 6.51. The zero-order chi connectivity index (χ0) is 27.6. The normalized spacial score (nSPS) is 11.5. The third kappa shape index (κ3) is 5.01. The summed E-state index contributed by atoms with van der Waals surface area (Å²) < 4.78 is 19.9. The van der Waals surface area contributed by atoms with E-state index in [4.69, 9.17) is 18.9 Å². The number of rotatable bonds is 7. The van der Waals surface area contributed by atoms with Gasteiger partial charge in [0.1, 0.15) is 23.7 Å². The van der Waals surface area contributed by atoms with Gasteiger partial charge in [0, 0.05) is 10.0 Å². The number of halogens is 1. The van der Waals surface area contributed by atoms with Crippen molar-refractivity contribution in [1.82, 2.24) is 9.66 Å². The Hall–Kier alpha value is -4.69. The number of para-hydroxylation sites is 1. The topological polar surface area (TPSA) is 78.9 Å². The Bertz CT molecular complexity index is 1940. The highest BCUT2D eigenvalue weighted by Gasteiger charge is 2.18. The standard InChI is InChI=1S/C32H24BrN3O4/c1-20-10-12-21(13-11-20)19-39-27-15-14-23(33)16-22(27)18-34-36-31(35-26-7-4-3-6-24(26)32(36)37)30-17-25-28(38-2)8-5-9-29(25)40-30/h3-18H,19H2,1-2H3. The number of furan rings is 1. The van der Waals surface area contributed by atoms with E-state index in [1.165, 1.54) is 10.2 Å². The van der Waals surface area contributed by atoms with Crippen molar-refractivity contribution in [3.8, 4) is 23.1 Å². The average Bonchev–Trinajstić information content (AvgIpc) is 3.41. The Labute approximate surface area is 238 Å². The fraction of sp³-hybridized carbons (Fsp3) is 0.0938. The molecule has 0 aliphatic heterocycles. The van der Waals surface area contributed by atoms with Crippen LogP contribution < -0.4 is 15.0 Å². The second-order valence-corrected chi connectivity index (χ2v) is 10.2. The highest BCUT2D eigenvalue weighted by Crippen LogP contribution is 2.33. The average molecular weight is 594 g/mol. The zero-order valence-electron chi connectivity index (χ0n) is 21.8. The summed E-state index contributed by atoms with van der Waals surface area (Å²) in [6, 6.07) is 28.4. The molecule has 7 nitrogen and oxygen atoms in total. The monoisotopic (exact) mass is 593 g/mol. The molecular formula is C32H24BrN3O4. The molecule has 198 valence electrons. The van der Waals surface area contributed by atoms with Gasteiger partial charge in [-0.05, 0) is 61.0 Å². The van der Waals surface area contributed by atoms with E-state index in [9.17, 15) is 4.79 Å². The van der Waals surface area contributed by atoms with Crippen molar-refractivity contribution < 1.29 is 13.9 Å². The van der Waals surface area contributed by atoms with E-state index in [1.807, 2.05) is 67.6 Å². The summed E-state index contributed by atoms with van der Waals surface area (Å²) in [6.45, 7) is 2.44. The molecule has 6 rings (SSSR count). The van der Waals surface area contributed by atoms with Crippen molar-refractivity contribution in [2.24, 2.45) is 5.10 Å². The predicted molar refractivity (Wildman–Crippen MR) is 160 cm³/mol. The number of aromatic nitrogens is 2. The van der Waals surface area contributed by atoms with Crippen LogP contribution in [0.2, 0.25) is 0 Å². The van der Waals surface area contributed by atoms with Crippen LogP contribution >= 0.6 is 15.9 Å². The van der Waals surface area contributed by atoms with Gasteiger partial charge in [-0.25, -0.2) is 4.98 Å². The minimum Gasteiger partial charge on any atom is -0.496 e. The van der Waals surface area contributed by atoms with Crippen molar-refractivity contribution in [2.75, 3.05) is 7.11 Å². The minimum atomic E-state index is -0.318. The van der Waals surface area contributed by atoms with Crippen LogP contribution in [-0.2, 0) is 6.61 Å². The molecule has 0 saturated heterocycles. The van der Waals surface area contributed by atoms with Gasteiger partial charge in [0.25, 0.3) is 5.56 Å². The quantitative estimate of drug-likeness (QED) is 0.181. The van der Waals surface area contributed by atoms with Crippen molar-refractivity contribution in [3.05, 3.63) is 123 Å². The van der Waals surface area contributed by atoms with Crippen molar-refractivity contribution in [1.29, 1.82) is 0 Å². The zero-order valence-corrected chi connectivity index (χ0v) is 23.4. The molecule has 0 saturated carbocycles. The molecule has 0 aliphatic rings. The minimum absolute atomic E-state index is 0.273. The Balaban J connectivity index is 1.44. The first-order chi connectivity index (χ1) is 19.5. The summed E-state index contributed by atoms with van der Waals surface area (Å²) >= 11 is 3.53. The highest BCUT2D eigenvalue weighted by molar-refractivity contribution is 9.10. The molecule has 0 radical (unpaired) electrons. The molecule has 4 aromatic carbocycles. The van der Waals surface area contributed by atoms with Crippen LogP contribution in [0, 0.1) is 6.92 Å². The Morgan fingerprint density at radius 2 is 1.77 bits per heavy atom. The lowest BCUT2D eigenvalue weighted by molar-refractivity contribution is 0.305. The molecule has 0 fully saturated rings. The van der Waals surface area contributed by atoms with Gasteiger partial charge >= 0.3 is 0 Å². The molecule has 0 amide bonds. The van der Waals surface area contributed by atoms with Crippen LogP contribution in [0.15, 0.2) is 110 Å². The molecule has 2 heterocycles. The van der Waals surface area contributed by atoms with Crippen LogP contribution in [0.1, 0.15) is 16.7 Å². The van der Waals surface area contributed by atoms with Crippen molar-refractivity contribution >= 4 is 44.0 Å². The molecule has 0 spiro atoms. The summed E-state index contributed by atoms with van der Waals surface area (Å²) in [5.41, 5.74) is 3.78. The maximum absolute atomic E-state index is 13.7. The Morgan fingerprint density at radius 1 is 0.950 bits per heavy atom. The van der Waals surface area contributed by atoms with E-state index < -0.39 is 0 Å². The van der Waals surface area contributed by atoms with Crippen LogP contribution in [0.4, 0.5) is 0 Å². The van der Waals surface area contributed by atoms with E-state index in [1.54, 1.807) is 31.5 Å². The Morgan fingerprint density at radius 3 is 2.60 bits per heavy atom. The molecule has 0 atom stereocenters. The van der Waals surface area contributed by atoms with Crippen LogP contribution in [0.5, 0.6) is 11.5 Å². The Kier molecular flexibility index (Phi) is 6.92. The van der Waals surface area contributed by atoms with Crippen LogP contribution in [0.3, 0.4) is 0 Å². The summed E-state index contributed by atoms with van der Waals surface area (Å²) in [7, 11) is 1.60. The third-order valence-corrected chi connectivity index (χ3v) is 7.01. The van der Waals surface area contributed by atoms with Gasteiger partial charge < -0.3 is 13.9 Å². The maximum atomic E-state index is 13.7. The SMILES string of the molecule is COc1cccc2oc(-c3nc4ccccc4c(=O)n3N=Cc3cc(Br)ccc3OCc3ccc(C)cc3)cc12. The second-order valence-electron chi connectivity index (χ2n) is 9.25. The number of fused-ring (bicyclic) bond motifs is 2. The molecule has 6 aromatic rings. The van der Waals surface area contributed by atoms with Gasteiger partial charge in [-0.3, -0.25) is 4.79 Å². The predicted octanol–water partition coefficient (Wildman–Crippen LogP) is 7.35. The summed E-state index contributed by atoms with van der Waals surface area (Å²) in [4.78, 5) is 18.4. The van der Waals surface area contributed by atoms with Crippen LogP contribution in [-0.4, -0.2) is 23.0 Å². The van der Waals surface area contributed by atoms with Gasteiger partial charge in [-0.2, -0.15) is 9.78 Å². The van der Waals surface area contributed by atoms with Crippen molar-refractivity contribution in [2.45, 2.75) is 13.5 Å². The van der Waals surface area contributed by atoms with E-state index in [0.717, 1.165) is 15.4 Å². The number of methoxy groups -OCH3 is 1. The second kappa shape index (κ2) is 10.8. The van der Waals surface area contributed by atoms with E-state index in [-0.39, 0.29) is 11.4 Å². The first kappa shape index (κ1) is 25.6. The van der Waals surface area contributed by atoms with Crippen LogP contribution in [0.25, 0.3) is 33.5 Å². The van der Waals surface area contributed by atoms with Gasteiger partial charge in [0.2, 0.25) is 5.82 Å². The van der Waals surface area contributed by atoms with E-state index in [0.29, 0.717) is 45.9 Å². The molecule has 2 aromatic heterocycles. The van der Waals surface area contributed by atoms with Gasteiger partial charge in [-0.15, -0.1) is 0 Å². The fourth-order valence-corrected chi connectivity index (χ4v) is 4.81. The maximum Gasteiger partial charge on any atom is 0.282 e. The van der Waals surface area contributed by atoms with E-state index >= 15 is 0 Å². The molecule has 8 heteroatoms. The largest absolute Gasteiger partial charge is 0.496 e. The number of ether oxygens (including phenoxy) is 2. The van der Waals surface area contributed by atoms with Gasteiger partial charge in [0.15, 0.2) is 5.76 Å². The highest BCUT2D eigenvalue weighted by atomic mass is 79.9. The summed E-state index contributed by atoms with van der Waals surface area (Å²) in [5.74, 6) is 1.96. The lowest BCUT2D eigenvalue weighted by Crippen LogP contribution is -2.20. The lowest BCUT2D eigenvalue weighted by Gasteiger charge is -2.11. The molecule has 40 heavy (non-hydrogen) atoms. The number of nitrogens with zero attached hydrogens (tertiary/aromatic N) is 3. The molecule has 0 bridgehead atoms. The number of hydrogen-bond acceptors (Lipinski definition) is 6. The first-order valence-corrected chi connectivity index (χ1v) is 13.4.